The number of hydrogen-bond acceptors (Lipinski definition) is 5. The lowest BCUT2D eigenvalue weighted by Crippen LogP contribution is -2.36. The number of nitrogens with one attached hydrogen (secondary N) is 3. The maximum atomic E-state index is 12.4. The zero-order valence-electron chi connectivity index (χ0n) is 17.7. The van der Waals surface area contributed by atoms with Crippen LogP contribution in [0.4, 0.5) is 0 Å². The van der Waals surface area contributed by atoms with Gasteiger partial charge in [-0.15, -0.1) is 24.0 Å². The number of halogens is 1. The standard InChI is InChI=1S/C21H29N5O3.HI/c1-14-15(2)29-19(26-14)13-25-21(22-3)24-11-16-6-4-7-17(10-16)20(27)23-12-18-8-5-9-28-18;/h4,6-7,10,18H,5,8-9,11-13H2,1-3H3,(H,23,27)(H2,22,24,25);1H. The summed E-state index contributed by atoms with van der Waals surface area (Å²) in [6.07, 6.45) is 2.20. The molecule has 9 heteroatoms. The molecule has 1 atom stereocenters. The number of nitrogens with zero attached hydrogens (tertiary/aromatic N) is 2. The van der Waals surface area contributed by atoms with Gasteiger partial charge in [0.15, 0.2) is 5.96 Å². The molecule has 8 nitrogen and oxygen atoms in total. The molecular weight excluding hydrogens is 497 g/mol. The SMILES string of the molecule is CN=C(NCc1cccc(C(=O)NCC2CCCO2)c1)NCc1nc(C)c(C)o1.I. The third-order valence-corrected chi connectivity index (χ3v) is 4.87. The number of rotatable bonds is 7. The van der Waals surface area contributed by atoms with Crippen molar-refractivity contribution in [3.8, 4) is 0 Å². The van der Waals surface area contributed by atoms with Crippen LogP contribution < -0.4 is 16.0 Å². The summed E-state index contributed by atoms with van der Waals surface area (Å²) in [6, 6.07) is 7.55. The summed E-state index contributed by atoms with van der Waals surface area (Å²) in [4.78, 5) is 21.0. The molecule has 30 heavy (non-hydrogen) atoms. The number of aromatic nitrogens is 1. The third kappa shape index (κ3) is 6.98. The number of benzene rings is 1. The molecule has 1 amide bonds. The summed E-state index contributed by atoms with van der Waals surface area (Å²) in [6.45, 7) is 6.13. The molecule has 2 aromatic rings. The number of carbonyl (C=O) groups excluding carboxylic acids is 1. The van der Waals surface area contributed by atoms with Crippen LogP contribution in [-0.4, -0.2) is 43.2 Å². The van der Waals surface area contributed by atoms with Crippen LogP contribution >= 0.6 is 24.0 Å². The summed E-state index contributed by atoms with van der Waals surface area (Å²) in [5, 5.41) is 9.36. The lowest BCUT2D eigenvalue weighted by molar-refractivity contribution is 0.0857. The Morgan fingerprint density at radius 3 is 2.70 bits per heavy atom. The van der Waals surface area contributed by atoms with Gasteiger partial charge in [0.1, 0.15) is 5.76 Å². The maximum Gasteiger partial charge on any atom is 0.251 e. The first-order chi connectivity index (χ1) is 14.0. The minimum atomic E-state index is -0.0838. The Balaban J connectivity index is 0.00000320. The van der Waals surface area contributed by atoms with Gasteiger partial charge in [-0.3, -0.25) is 9.79 Å². The van der Waals surface area contributed by atoms with Crippen LogP contribution in [0.5, 0.6) is 0 Å². The molecule has 0 aliphatic carbocycles. The van der Waals surface area contributed by atoms with E-state index in [0.717, 1.165) is 36.5 Å². The van der Waals surface area contributed by atoms with Crippen molar-refractivity contribution in [3.63, 3.8) is 0 Å². The number of guanidine groups is 1. The molecule has 1 saturated heterocycles. The second kappa shape index (κ2) is 11.9. The van der Waals surface area contributed by atoms with E-state index in [1.54, 1.807) is 7.05 Å². The fourth-order valence-electron chi connectivity index (χ4n) is 3.12. The van der Waals surface area contributed by atoms with Crippen molar-refractivity contribution < 1.29 is 13.9 Å². The highest BCUT2D eigenvalue weighted by Crippen LogP contribution is 2.11. The van der Waals surface area contributed by atoms with E-state index in [-0.39, 0.29) is 36.0 Å². The number of ether oxygens (including phenoxy) is 1. The Labute approximate surface area is 194 Å². The summed E-state index contributed by atoms with van der Waals surface area (Å²) in [7, 11) is 1.70. The maximum absolute atomic E-state index is 12.4. The van der Waals surface area contributed by atoms with Crippen LogP contribution in [0.1, 0.15) is 46.1 Å². The molecule has 1 unspecified atom stereocenters. The predicted octanol–water partition coefficient (Wildman–Crippen LogP) is 2.68. The van der Waals surface area contributed by atoms with Crippen molar-refractivity contribution in [2.45, 2.75) is 45.9 Å². The Morgan fingerprint density at radius 1 is 1.23 bits per heavy atom. The van der Waals surface area contributed by atoms with E-state index in [2.05, 4.69) is 25.9 Å². The first-order valence-electron chi connectivity index (χ1n) is 9.91. The van der Waals surface area contributed by atoms with Crippen LogP contribution in [0.2, 0.25) is 0 Å². The molecule has 1 aliphatic heterocycles. The van der Waals surface area contributed by atoms with Gasteiger partial charge in [-0.1, -0.05) is 12.1 Å². The second-order valence-electron chi connectivity index (χ2n) is 7.07. The number of oxazole rings is 1. The summed E-state index contributed by atoms with van der Waals surface area (Å²) in [5.74, 6) is 1.98. The van der Waals surface area contributed by atoms with Gasteiger partial charge in [0, 0.05) is 32.3 Å². The average molecular weight is 527 g/mol. The minimum Gasteiger partial charge on any atom is -0.444 e. The van der Waals surface area contributed by atoms with Gasteiger partial charge in [0.2, 0.25) is 5.89 Å². The van der Waals surface area contributed by atoms with Crippen molar-refractivity contribution in [1.29, 1.82) is 0 Å². The largest absolute Gasteiger partial charge is 0.444 e. The molecule has 3 N–H and O–H groups in total. The van der Waals surface area contributed by atoms with Crippen LogP contribution in [0, 0.1) is 13.8 Å². The molecule has 3 rings (SSSR count). The lowest BCUT2D eigenvalue weighted by Gasteiger charge is -2.13. The second-order valence-corrected chi connectivity index (χ2v) is 7.07. The van der Waals surface area contributed by atoms with Crippen molar-refractivity contribution in [2.75, 3.05) is 20.2 Å². The minimum absolute atomic E-state index is 0. The molecule has 1 aromatic heterocycles. The fraction of sp³-hybridized carbons (Fsp3) is 0.476. The highest BCUT2D eigenvalue weighted by molar-refractivity contribution is 14.0. The molecule has 164 valence electrons. The summed E-state index contributed by atoms with van der Waals surface area (Å²) < 4.78 is 11.1. The van der Waals surface area contributed by atoms with Gasteiger partial charge in [-0.05, 0) is 44.4 Å². The molecule has 0 radical (unpaired) electrons. The van der Waals surface area contributed by atoms with Gasteiger partial charge >= 0.3 is 0 Å². The van der Waals surface area contributed by atoms with E-state index >= 15 is 0 Å². The van der Waals surface area contributed by atoms with Gasteiger partial charge in [-0.2, -0.15) is 0 Å². The third-order valence-electron chi connectivity index (χ3n) is 4.87. The first-order valence-corrected chi connectivity index (χ1v) is 9.91. The Bertz CT molecular complexity index is 843. The van der Waals surface area contributed by atoms with Crippen molar-refractivity contribution in [2.24, 2.45) is 4.99 Å². The molecule has 1 aromatic carbocycles. The van der Waals surface area contributed by atoms with E-state index in [1.807, 2.05) is 38.1 Å². The van der Waals surface area contributed by atoms with Crippen molar-refractivity contribution in [1.82, 2.24) is 20.9 Å². The highest BCUT2D eigenvalue weighted by atomic mass is 127. The Hall–Kier alpha value is -2.14. The smallest absolute Gasteiger partial charge is 0.251 e. The topological polar surface area (TPSA) is 101 Å². The van der Waals surface area contributed by atoms with Gasteiger partial charge < -0.3 is 25.1 Å². The summed E-state index contributed by atoms with van der Waals surface area (Å²) in [5.41, 5.74) is 2.51. The van der Waals surface area contributed by atoms with E-state index in [4.69, 9.17) is 9.15 Å². The quantitative estimate of drug-likeness (QED) is 0.291. The zero-order valence-corrected chi connectivity index (χ0v) is 20.0. The van der Waals surface area contributed by atoms with Crippen LogP contribution in [0.3, 0.4) is 0 Å². The van der Waals surface area contributed by atoms with Gasteiger partial charge in [-0.25, -0.2) is 4.98 Å². The van der Waals surface area contributed by atoms with E-state index < -0.39 is 0 Å². The lowest BCUT2D eigenvalue weighted by atomic mass is 10.1. The van der Waals surface area contributed by atoms with Crippen molar-refractivity contribution >= 4 is 35.8 Å². The van der Waals surface area contributed by atoms with Crippen LogP contribution in [-0.2, 0) is 17.8 Å². The van der Waals surface area contributed by atoms with Crippen LogP contribution in [0.25, 0.3) is 0 Å². The molecule has 1 fully saturated rings. The first kappa shape index (κ1) is 24.1. The monoisotopic (exact) mass is 527 g/mol. The van der Waals surface area contributed by atoms with Gasteiger partial charge in [0.25, 0.3) is 5.91 Å². The predicted molar refractivity (Wildman–Crippen MR) is 126 cm³/mol. The number of aliphatic imine (C=N–C) groups is 1. The molecule has 1 aliphatic rings. The zero-order chi connectivity index (χ0) is 20.6. The normalized spacial score (nSPS) is 16.1. The number of carbonyl (C=O) groups is 1. The molecule has 0 bridgehead atoms. The molecular formula is C21H30IN5O3. The van der Waals surface area contributed by atoms with E-state index in [1.165, 1.54) is 0 Å². The fourth-order valence-corrected chi connectivity index (χ4v) is 3.12. The highest BCUT2D eigenvalue weighted by Gasteiger charge is 2.16. The number of aryl methyl sites for hydroxylation is 2. The van der Waals surface area contributed by atoms with Crippen LogP contribution in [0.15, 0.2) is 33.7 Å². The Morgan fingerprint density at radius 2 is 2.03 bits per heavy atom. The molecule has 0 saturated carbocycles. The molecule has 0 spiro atoms. The average Bonchev–Trinajstić information content (AvgIpc) is 3.36. The van der Waals surface area contributed by atoms with Crippen molar-refractivity contribution in [3.05, 3.63) is 52.7 Å². The van der Waals surface area contributed by atoms with E-state index in [0.29, 0.717) is 37.0 Å². The Kier molecular flexibility index (Phi) is 9.57. The number of hydrogen-bond donors (Lipinski definition) is 3. The van der Waals surface area contributed by atoms with E-state index in [9.17, 15) is 4.79 Å². The van der Waals surface area contributed by atoms with Gasteiger partial charge in [0.05, 0.1) is 18.3 Å². The summed E-state index contributed by atoms with van der Waals surface area (Å²) >= 11 is 0. The number of amides is 1. The molecule has 2 heterocycles.